The zero-order valence-corrected chi connectivity index (χ0v) is 22.8. The lowest BCUT2D eigenvalue weighted by Crippen LogP contribution is -2.43. The molecule has 1 aliphatic heterocycles. The largest absolute Gasteiger partial charge is 0.460 e. The number of hydrogen-bond donors (Lipinski definition) is 3. The molecule has 41 heavy (non-hydrogen) atoms. The summed E-state index contributed by atoms with van der Waals surface area (Å²) in [5.41, 5.74) is -3.52. The first-order valence-corrected chi connectivity index (χ1v) is 13.9. The number of alkyl halides is 1. The zero-order valence-electron chi connectivity index (χ0n) is 21.9. The van der Waals surface area contributed by atoms with Gasteiger partial charge >= 0.3 is 19.4 Å². The second-order valence-corrected chi connectivity index (χ2v) is 11.1. The van der Waals surface area contributed by atoms with Gasteiger partial charge in [0.05, 0.1) is 6.61 Å². The number of aromatic nitrogens is 2. The van der Waals surface area contributed by atoms with Crippen LogP contribution in [0.25, 0.3) is 0 Å². The third-order valence-electron chi connectivity index (χ3n) is 6.20. The number of esters is 1. The summed E-state index contributed by atoms with van der Waals surface area (Å²) in [6, 6.07) is 13.0. The molecule has 4 rings (SSSR count). The summed E-state index contributed by atoms with van der Waals surface area (Å²) in [6.45, 7) is 1.54. The van der Waals surface area contributed by atoms with Gasteiger partial charge in [-0.05, 0) is 43.7 Å². The number of aliphatic hydroxyl groups is 1. The van der Waals surface area contributed by atoms with E-state index in [0.29, 0.717) is 5.56 Å². The molecule has 12 nitrogen and oxygen atoms in total. The molecular formula is C26H28F2N3O9P. The average molecular weight is 595 g/mol. The maximum Gasteiger partial charge on any atom is 0.459 e. The summed E-state index contributed by atoms with van der Waals surface area (Å²) >= 11 is 0. The molecule has 1 saturated heterocycles. The number of halogens is 2. The maximum absolute atomic E-state index is 15.5. The molecule has 1 aromatic heterocycles. The highest BCUT2D eigenvalue weighted by Crippen LogP contribution is 2.47. The molecule has 3 aromatic rings. The van der Waals surface area contributed by atoms with E-state index in [1.165, 1.54) is 19.1 Å². The Morgan fingerprint density at radius 2 is 1.88 bits per heavy atom. The number of aliphatic hydroxyl groups excluding tert-OH is 1. The van der Waals surface area contributed by atoms with Crippen molar-refractivity contribution in [3.63, 3.8) is 0 Å². The summed E-state index contributed by atoms with van der Waals surface area (Å²) in [5, 5.41) is 13.1. The molecule has 0 amide bonds. The SMILES string of the molecule is C[C@H](NP(=O)(OC[C@H]1O[C@@H](n2ccc(=O)[nH]c2=O)C(C)(F)[C@@H]1O)Oc1ccc(F)cc1)C(=O)OCc1ccccc1. The molecule has 1 fully saturated rings. The zero-order chi connectivity index (χ0) is 29.8. The highest BCUT2D eigenvalue weighted by molar-refractivity contribution is 7.52. The molecule has 0 saturated carbocycles. The van der Waals surface area contributed by atoms with Crippen molar-refractivity contribution >= 4 is 13.7 Å². The molecule has 2 heterocycles. The Morgan fingerprint density at radius 3 is 2.54 bits per heavy atom. The molecule has 0 bridgehead atoms. The highest BCUT2D eigenvalue weighted by Gasteiger charge is 2.56. The number of rotatable bonds is 11. The predicted octanol–water partition coefficient (Wildman–Crippen LogP) is 2.59. The van der Waals surface area contributed by atoms with E-state index in [4.69, 9.17) is 18.5 Å². The van der Waals surface area contributed by atoms with Crippen LogP contribution in [0, 0.1) is 5.82 Å². The van der Waals surface area contributed by atoms with Crippen LogP contribution in [-0.4, -0.2) is 51.2 Å². The predicted molar refractivity (Wildman–Crippen MR) is 140 cm³/mol. The van der Waals surface area contributed by atoms with Crippen LogP contribution in [0.3, 0.4) is 0 Å². The second kappa shape index (κ2) is 12.5. The van der Waals surface area contributed by atoms with E-state index < -0.39 is 67.5 Å². The fourth-order valence-electron chi connectivity index (χ4n) is 4.00. The van der Waals surface area contributed by atoms with Gasteiger partial charge in [-0.15, -0.1) is 0 Å². The molecule has 3 N–H and O–H groups in total. The van der Waals surface area contributed by atoms with Crippen molar-refractivity contribution in [2.24, 2.45) is 0 Å². The number of hydrogen-bond acceptors (Lipinski definition) is 9. The van der Waals surface area contributed by atoms with Gasteiger partial charge in [0, 0.05) is 12.3 Å². The van der Waals surface area contributed by atoms with Gasteiger partial charge < -0.3 is 19.1 Å². The van der Waals surface area contributed by atoms with Crippen molar-refractivity contribution in [3.8, 4) is 5.75 Å². The van der Waals surface area contributed by atoms with Gasteiger partial charge in [0.2, 0.25) is 0 Å². The first kappa shape index (κ1) is 30.3. The second-order valence-electron chi connectivity index (χ2n) is 9.42. The monoisotopic (exact) mass is 595 g/mol. The van der Waals surface area contributed by atoms with Crippen LogP contribution in [0.1, 0.15) is 25.6 Å². The molecule has 220 valence electrons. The van der Waals surface area contributed by atoms with Crippen LogP contribution < -0.4 is 20.9 Å². The van der Waals surface area contributed by atoms with E-state index in [1.54, 1.807) is 30.3 Å². The van der Waals surface area contributed by atoms with E-state index in [9.17, 15) is 28.4 Å². The van der Waals surface area contributed by atoms with Crippen LogP contribution in [-0.2, 0) is 30.0 Å². The Kier molecular flexibility index (Phi) is 9.20. The smallest absolute Gasteiger partial charge is 0.459 e. The van der Waals surface area contributed by atoms with E-state index in [2.05, 4.69) is 5.09 Å². The topological polar surface area (TPSA) is 158 Å². The molecule has 1 aliphatic rings. The standard InChI is InChI=1S/C26H28F2N3O9P/c1-16(23(34)37-14-17-6-4-3-5-7-17)30-41(36,40-19-10-8-18(27)9-11-19)38-15-20-22(33)26(2,28)24(39-20)31-13-12-21(32)29-25(31)35/h3-13,16,20,22,24,33H,14-15H2,1-2H3,(H,30,36)(H,29,32,35)/t16-,20+,22+,24+,26?,41?/m0/s1. The minimum absolute atomic E-state index is 0.0572. The van der Waals surface area contributed by atoms with Crippen LogP contribution in [0.5, 0.6) is 5.75 Å². The Labute approximate surface area is 232 Å². The summed E-state index contributed by atoms with van der Waals surface area (Å²) in [7, 11) is -4.49. The molecule has 2 unspecified atom stereocenters. The minimum Gasteiger partial charge on any atom is -0.460 e. The van der Waals surface area contributed by atoms with E-state index >= 15 is 4.39 Å². The van der Waals surface area contributed by atoms with Gasteiger partial charge in [-0.3, -0.25) is 23.7 Å². The number of aromatic amines is 1. The molecule has 15 heteroatoms. The normalized spacial score (nSPS) is 24.4. The molecule has 6 atom stereocenters. The molecule has 0 aliphatic carbocycles. The number of nitrogens with one attached hydrogen (secondary N) is 2. The van der Waals surface area contributed by atoms with Gasteiger partial charge in [0.25, 0.3) is 5.56 Å². The van der Waals surface area contributed by atoms with E-state index in [1.807, 2.05) is 4.98 Å². The highest BCUT2D eigenvalue weighted by atomic mass is 31.2. The first-order chi connectivity index (χ1) is 19.4. The lowest BCUT2D eigenvalue weighted by Gasteiger charge is -2.25. The molecule has 0 radical (unpaired) electrons. The average Bonchev–Trinajstić information content (AvgIpc) is 3.16. The number of nitrogens with zero attached hydrogens (tertiary/aromatic N) is 1. The van der Waals surface area contributed by atoms with Crippen molar-refractivity contribution in [2.45, 2.75) is 50.6 Å². The number of carbonyl (C=O) groups is 1. The first-order valence-electron chi connectivity index (χ1n) is 12.4. The molecular weight excluding hydrogens is 567 g/mol. The van der Waals surface area contributed by atoms with Crippen LogP contribution >= 0.6 is 7.75 Å². The summed E-state index contributed by atoms with van der Waals surface area (Å²) in [5.74, 6) is -1.48. The maximum atomic E-state index is 15.5. The van der Waals surface area contributed by atoms with Crippen LogP contribution in [0.2, 0.25) is 0 Å². The van der Waals surface area contributed by atoms with E-state index in [-0.39, 0.29) is 12.4 Å². The van der Waals surface area contributed by atoms with Gasteiger partial charge in [-0.2, -0.15) is 5.09 Å². The Balaban J connectivity index is 1.49. The summed E-state index contributed by atoms with van der Waals surface area (Å²) < 4.78 is 65.1. The van der Waals surface area contributed by atoms with Crippen LogP contribution in [0.4, 0.5) is 8.78 Å². The van der Waals surface area contributed by atoms with Gasteiger partial charge in [-0.1, -0.05) is 30.3 Å². The lowest BCUT2D eigenvalue weighted by molar-refractivity contribution is -0.146. The number of benzene rings is 2. The van der Waals surface area contributed by atoms with Crippen LogP contribution in [0.15, 0.2) is 76.4 Å². The third-order valence-corrected chi connectivity index (χ3v) is 7.84. The van der Waals surface area contributed by atoms with Gasteiger partial charge in [-0.25, -0.2) is 18.1 Å². The van der Waals surface area contributed by atoms with Gasteiger partial charge in [0.1, 0.15) is 36.4 Å². The van der Waals surface area contributed by atoms with Crippen molar-refractivity contribution in [3.05, 3.63) is 99.1 Å². The minimum atomic E-state index is -4.49. The van der Waals surface area contributed by atoms with Crippen molar-refractivity contribution in [1.29, 1.82) is 0 Å². The van der Waals surface area contributed by atoms with E-state index in [0.717, 1.165) is 35.9 Å². The Bertz CT molecular complexity index is 1510. The number of carbonyl (C=O) groups excluding carboxylic acids is 1. The Morgan fingerprint density at radius 1 is 1.20 bits per heavy atom. The fourth-order valence-corrected chi connectivity index (χ4v) is 5.50. The quantitative estimate of drug-likeness (QED) is 0.222. The fraction of sp³-hybridized carbons (Fsp3) is 0.346. The molecule has 0 spiro atoms. The number of H-pyrrole nitrogens is 1. The lowest BCUT2D eigenvalue weighted by atomic mass is 9.98. The van der Waals surface area contributed by atoms with Crippen molar-refractivity contribution < 1.29 is 41.8 Å². The van der Waals surface area contributed by atoms with Gasteiger partial charge in [0.15, 0.2) is 11.9 Å². The Hall–Kier alpha value is -3.68. The summed E-state index contributed by atoms with van der Waals surface area (Å²) in [6.07, 6.45) is -4.01. The molecule has 2 aromatic carbocycles. The third kappa shape index (κ3) is 7.34. The summed E-state index contributed by atoms with van der Waals surface area (Å²) in [4.78, 5) is 38.2. The van der Waals surface area contributed by atoms with Crippen molar-refractivity contribution in [1.82, 2.24) is 14.6 Å². The number of ether oxygens (including phenoxy) is 2. The van der Waals surface area contributed by atoms with Crippen molar-refractivity contribution in [2.75, 3.05) is 6.61 Å².